The molecule has 0 saturated heterocycles. The molecule has 1 N–H and O–H groups in total. The fourth-order valence-corrected chi connectivity index (χ4v) is 2.74. The first-order chi connectivity index (χ1) is 11.2. The van der Waals surface area contributed by atoms with Crippen LogP contribution in [0, 0.1) is 6.92 Å². The van der Waals surface area contributed by atoms with Crippen molar-refractivity contribution in [1.29, 1.82) is 0 Å². The molecule has 3 aromatic rings. The van der Waals surface area contributed by atoms with Gasteiger partial charge in [-0.1, -0.05) is 12.1 Å². The molecular formula is C18H16N2O2S. The summed E-state index contributed by atoms with van der Waals surface area (Å²) < 4.78 is 5.15. The highest BCUT2D eigenvalue weighted by atomic mass is 32.1. The number of aryl methyl sites for hydroxylation is 1. The molecule has 0 amide bonds. The van der Waals surface area contributed by atoms with Crippen LogP contribution in [0.5, 0.6) is 11.5 Å². The average molecular weight is 324 g/mol. The van der Waals surface area contributed by atoms with E-state index < -0.39 is 0 Å². The molecule has 0 unspecified atom stereocenters. The van der Waals surface area contributed by atoms with Crippen molar-refractivity contribution >= 4 is 23.2 Å². The number of methoxy groups -OCH3 is 1. The van der Waals surface area contributed by atoms with E-state index in [0.29, 0.717) is 11.3 Å². The third kappa shape index (κ3) is 3.57. The molecule has 1 heterocycles. The van der Waals surface area contributed by atoms with Crippen LogP contribution in [0.25, 0.3) is 11.3 Å². The Kier molecular flexibility index (Phi) is 4.39. The number of phenols is 1. The first kappa shape index (κ1) is 15.2. The second-order valence-corrected chi connectivity index (χ2v) is 6.04. The number of hydrogen-bond acceptors (Lipinski definition) is 5. The van der Waals surface area contributed by atoms with Crippen LogP contribution in [0.4, 0.5) is 5.69 Å². The monoisotopic (exact) mass is 324 g/mol. The van der Waals surface area contributed by atoms with Gasteiger partial charge in [0, 0.05) is 22.7 Å². The number of aromatic hydroxyl groups is 1. The second-order valence-electron chi connectivity index (χ2n) is 4.98. The van der Waals surface area contributed by atoms with Crippen molar-refractivity contribution in [2.75, 3.05) is 7.11 Å². The molecule has 3 rings (SSSR count). The summed E-state index contributed by atoms with van der Waals surface area (Å²) in [6, 6.07) is 12.9. The first-order valence-electron chi connectivity index (χ1n) is 7.09. The Bertz CT molecular complexity index is 838. The maximum atomic E-state index is 9.85. The molecule has 0 aliphatic carbocycles. The van der Waals surface area contributed by atoms with Crippen molar-refractivity contribution in [3.63, 3.8) is 0 Å². The van der Waals surface area contributed by atoms with E-state index in [4.69, 9.17) is 4.74 Å². The number of aromatic nitrogens is 1. The largest absolute Gasteiger partial charge is 0.507 e. The summed E-state index contributed by atoms with van der Waals surface area (Å²) in [7, 11) is 1.59. The van der Waals surface area contributed by atoms with Gasteiger partial charge in [0.25, 0.3) is 0 Å². The van der Waals surface area contributed by atoms with Gasteiger partial charge < -0.3 is 9.84 Å². The average Bonchev–Trinajstić information content (AvgIpc) is 3.01. The molecule has 0 fully saturated rings. The summed E-state index contributed by atoms with van der Waals surface area (Å²) in [5.74, 6) is 0.850. The molecule has 5 heteroatoms. The maximum absolute atomic E-state index is 9.85. The predicted octanol–water partition coefficient (Wildman–Crippen LogP) is 4.58. The van der Waals surface area contributed by atoms with Crippen molar-refractivity contribution < 1.29 is 9.84 Å². The molecule has 23 heavy (non-hydrogen) atoms. The Morgan fingerprint density at radius 3 is 2.61 bits per heavy atom. The molecule has 0 saturated carbocycles. The Labute approximate surface area is 138 Å². The summed E-state index contributed by atoms with van der Waals surface area (Å²) in [6.07, 6.45) is 1.62. The third-order valence-electron chi connectivity index (χ3n) is 3.37. The molecule has 0 radical (unpaired) electrons. The minimum absolute atomic E-state index is 0.170. The molecule has 0 atom stereocenters. The van der Waals surface area contributed by atoms with Crippen LogP contribution in [0.15, 0.2) is 52.8 Å². The topological polar surface area (TPSA) is 54.7 Å². The fraction of sp³-hybridized carbons (Fsp3) is 0.111. The Morgan fingerprint density at radius 2 is 1.96 bits per heavy atom. The van der Waals surface area contributed by atoms with Gasteiger partial charge in [0.15, 0.2) is 0 Å². The molecular weight excluding hydrogens is 308 g/mol. The van der Waals surface area contributed by atoms with Crippen LogP contribution in [-0.2, 0) is 0 Å². The van der Waals surface area contributed by atoms with Gasteiger partial charge >= 0.3 is 0 Å². The van der Waals surface area contributed by atoms with Crippen LogP contribution in [0.1, 0.15) is 10.6 Å². The predicted molar refractivity (Wildman–Crippen MR) is 94.2 cm³/mol. The van der Waals surface area contributed by atoms with Gasteiger partial charge in [-0.3, -0.25) is 4.99 Å². The number of ether oxygens (including phenoxy) is 1. The van der Waals surface area contributed by atoms with Gasteiger partial charge in [-0.25, -0.2) is 4.98 Å². The molecule has 1 aromatic heterocycles. The van der Waals surface area contributed by atoms with E-state index in [1.807, 2.05) is 36.6 Å². The number of benzene rings is 2. The van der Waals surface area contributed by atoms with Crippen LogP contribution in [0.3, 0.4) is 0 Å². The van der Waals surface area contributed by atoms with Gasteiger partial charge in [0.2, 0.25) is 0 Å². The van der Waals surface area contributed by atoms with Crippen LogP contribution < -0.4 is 4.74 Å². The second kappa shape index (κ2) is 6.62. The molecule has 0 aliphatic heterocycles. The lowest BCUT2D eigenvalue weighted by molar-refractivity contribution is 0.412. The van der Waals surface area contributed by atoms with Crippen LogP contribution >= 0.6 is 11.3 Å². The van der Waals surface area contributed by atoms with Crippen LogP contribution in [-0.4, -0.2) is 23.4 Å². The van der Waals surface area contributed by atoms with E-state index >= 15 is 0 Å². The molecule has 0 bridgehead atoms. The third-order valence-corrected chi connectivity index (χ3v) is 4.14. The highest BCUT2D eigenvalue weighted by Crippen LogP contribution is 2.25. The number of thiazole rings is 1. The smallest absolute Gasteiger partial charge is 0.124 e. The SMILES string of the molecule is COc1ccc(O)c(C=Nc2ccc(-c3csc(C)n3)cc2)c1. The Morgan fingerprint density at radius 1 is 1.17 bits per heavy atom. The lowest BCUT2D eigenvalue weighted by atomic mass is 10.1. The number of nitrogens with zero attached hydrogens (tertiary/aromatic N) is 2. The van der Waals surface area contributed by atoms with Gasteiger partial charge in [-0.05, 0) is 37.3 Å². The molecule has 0 spiro atoms. The molecule has 4 nitrogen and oxygen atoms in total. The Balaban J connectivity index is 1.80. The first-order valence-corrected chi connectivity index (χ1v) is 7.97. The normalized spacial score (nSPS) is 11.0. The van der Waals surface area contributed by atoms with Crippen molar-refractivity contribution in [3.8, 4) is 22.8 Å². The van der Waals surface area contributed by atoms with E-state index in [9.17, 15) is 5.11 Å². The summed E-state index contributed by atoms with van der Waals surface area (Å²) in [4.78, 5) is 8.86. The summed E-state index contributed by atoms with van der Waals surface area (Å²) in [5.41, 5.74) is 3.47. The number of phenolic OH excluding ortho intramolecular Hbond substituents is 1. The quantitative estimate of drug-likeness (QED) is 0.715. The number of hydrogen-bond donors (Lipinski definition) is 1. The van der Waals surface area contributed by atoms with Crippen molar-refractivity contribution in [1.82, 2.24) is 4.98 Å². The van der Waals surface area contributed by atoms with E-state index in [1.54, 1.807) is 42.9 Å². The lowest BCUT2D eigenvalue weighted by Gasteiger charge is -2.03. The molecule has 0 aliphatic rings. The zero-order valence-electron chi connectivity index (χ0n) is 12.9. The summed E-state index contributed by atoms with van der Waals surface area (Å²) in [5, 5.41) is 12.9. The van der Waals surface area contributed by atoms with Crippen molar-refractivity contribution in [2.24, 2.45) is 4.99 Å². The maximum Gasteiger partial charge on any atom is 0.124 e. The number of aliphatic imine (C=N–C) groups is 1. The standard InChI is InChI=1S/C18H16N2O2S/c1-12-20-17(11-23-12)13-3-5-15(6-4-13)19-10-14-9-16(22-2)7-8-18(14)21/h3-11,21H,1-2H3. The zero-order valence-corrected chi connectivity index (χ0v) is 13.7. The summed E-state index contributed by atoms with van der Waals surface area (Å²) >= 11 is 1.64. The number of rotatable bonds is 4. The minimum Gasteiger partial charge on any atom is -0.507 e. The molecule has 2 aromatic carbocycles. The highest BCUT2D eigenvalue weighted by Gasteiger charge is 2.03. The van der Waals surface area contributed by atoms with Crippen molar-refractivity contribution in [2.45, 2.75) is 6.92 Å². The van der Waals surface area contributed by atoms with Crippen molar-refractivity contribution in [3.05, 3.63) is 58.4 Å². The lowest BCUT2D eigenvalue weighted by Crippen LogP contribution is -1.87. The van der Waals surface area contributed by atoms with E-state index in [-0.39, 0.29) is 5.75 Å². The van der Waals surface area contributed by atoms with Gasteiger partial charge in [-0.2, -0.15) is 0 Å². The van der Waals surface area contributed by atoms with E-state index in [2.05, 4.69) is 9.98 Å². The van der Waals surface area contributed by atoms with Crippen LogP contribution in [0.2, 0.25) is 0 Å². The van der Waals surface area contributed by atoms with Gasteiger partial charge in [-0.15, -0.1) is 11.3 Å². The fourth-order valence-electron chi connectivity index (χ4n) is 2.12. The van der Waals surface area contributed by atoms with E-state index in [0.717, 1.165) is 22.0 Å². The van der Waals surface area contributed by atoms with Gasteiger partial charge in [0.05, 0.1) is 23.5 Å². The van der Waals surface area contributed by atoms with Gasteiger partial charge in [0.1, 0.15) is 11.5 Å². The summed E-state index contributed by atoms with van der Waals surface area (Å²) in [6.45, 7) is 1.99. The molecule has 116 valence electrons. The zero-order chi connectivity index (χ0) is 16.2. The van der Waals surface area contributed by atoms with E-state index in [1.165, 1.54) is 0 Å². The minimum atomic E-state index is 0.170. The Hall–Kier alpha value is -2.66. The highest BCUT2D eigenvalue weighted by molar-refractivity contribution is 7.09.